The Morgan fingerprint density at radius 2 is 2.03 bits per heavy atom. The minimum Gasteiger partial charge on any atom is -0.492 e. The number of hydrogen-bond donors (Lipinski definition) is 4. The van der Waals surface area contributed by atoms with Crippen LogP contribution in [0.1, 0.15) is 60.4 Å². The van der Waals surface area contributed by atoms with Crippen molar-refractivity contribution in [3.8, 4) is 5.75 Å². The predicted molar refractivity (Wildman–Crippen MR) is 127 cm³/mol. The quantitative estimate of drug-likeness (QED) is 0.396. The van der Waals surface area contributed by atoms with Crippen LogP contribution in [0.5, 0.6) is 5.75 Å². The number of thiol groups is 1. The largest absolute Gasteiger partial charge is 0.492 e. The van der Waals surface area contributed by atoms with E-state index in [9.17, 15) is 14.3 Å². The zero-order valence-electron chi connectivity index (χ0n) is 18.8. The van der Waals surface area contributed by atoms with Gasteiger partial charge >= 0.3 is 5.76 Å². The first-order valence-electron chi connectivity index (χ1n) is 10.4. The van der Waals surface area contributed by atoms with Crippen LogP contribution in [0.25, 0.3) is 0 Å². The Bertz CT molecular complexity index is 1210. The van der Waals surface area contributed by atoms with Gasteiger partial charge in [-0.2, -0.15) is 0 Å². The van der Waals surface area contributed by atoms with Crippen molar-refractivity contribution >= 4 is 24.2 Å². The van der Waals surface area contributed by atoms with Gasteiger partial charge in [0.05, 0.1) is 23.3 Å². The van der Waals surface area contributed by atoms with E-state index in [1.807, 2.05) is 13.8 Å². The molecule has 0 fully saturated rings. The molecule has 0 bridgehead atoms. The number of halogens is 2. The Hall–Kier alpha value is -2.33. The zero-order valence-corrected chi connectivity index (χ0v) is 20.4. The van der Waals surface area contributed by atoms with Gasteiger partial charge in [-0.05, 0) is 55.7 Å². The molecular formula is C23H27ClFN3O4S. The number of benzene rings is 2. The summed E-state index contributed by atoms with van der Waals surface area (Å²) in [7, 11) is 0. The Balaban J connectivity index is 0.000000194. The number of nitrogens with one attached hydrogen (secondary N) is 1. The standard InChI is InChI=1S/C13H16FN3O2.C10H11ClO2S/c1-6-4-5-9(14)10(7(6)2)8(3)11(15)12-16-17-13(18)19-12;1-10(12)4-5-13-9-7(14)3-2-6(11)8(9)10/h4-5,8,11H,15H2,1-3H3,(H,17,18);2-3,12,14H,4-5H2,1H3. The average Bonchev–Trinajstić information content (AvgIpc) is 3.19. The second-order valence-corrected chi connectivity index (χ2v) is 9.20. The third-order valence-electron chi connectivity index (χ3n) is 5.93. The van der Waals surface area contributed by atoms with Gasteiger partial charge < -0.3 is 20.0 Å². The molecule has 7 nitrogen and oxygen atoms in total. The lowest BCUT2D eigenvalue weighted by Gasteiger charge is -2.32. The lowest BCUT2D eigenvalue weighted by molar-refractivity contribution is 0.0136. The molecule has 0 spiro atoms. The normalized spacial score (nSPS) is 19.1. The van der Waals surface area contributed by atoms with Crippen molar-refractivity contribution in [3.63, 3.8) is 0 Å². The topological polar surface area (TPSA) is 114 Å². The van der Waals surface area contributed by atoms with Crippen LogP contribution >= 0.6 is 24.2 Å². The van der Waals surface area contributed by atoms with Crippen LogP contribution in [-0.4, -0.2) is 21.9 Å². The van der Waals surface area contributed by atoms with E-state index >= 15 is 0 Å². The lowest BCUT2D eigenvalue weighted by Crippen LogP contribution is -2.30. The highest BCUT2D eigenvalue weighted by atomic mass is 35.5. The maximum atomic E-state index is 14.0. The number of aryl methyl sites for hydroxylation is 1. The smallest absolute Gasteiger partial charge is 0.434 e. The third-order valence-corrected chi connectivity index (χ3v) is 6.59. The molecule has 0 aliphatic carbocycles. The molecule has 0 amide bonds. The van der Waals surface area contributed by atoms with Gasteiger partial charge in [0.1, 0.15) is 11.6 Å². The van der Waals surface area contributed by atoms with Crippen LogP contribution in [0, 0.1) is 19.7 Å². The molecule has 0 saturated heterocycles. The van der Waals surface area contributed by atoms with E-state index in [0.29, 0.717) is 39.8 Å². The average molecular weight is 496 g/mol. The van der Waals surface area contributed by atoms with Gasteiger partial charge in [0.25, 0.3) is 0 Å². The summed E-state index contributed by atoms with van der Waals surface area (Å²) in [6.45, 7) is 7.77. The fraction of sp³-hybridized carbons (Fsp3) is 0.391. The summed E-state index contributed by atoms with van der Waals surface area (Å²) < 4.78 is 24.3. The first kappa shape index (κ1) is 25.3. The highest BCUT2D eigenvalue weighted by molar-refractivity contribution is 7.80. The molecule has 0 saturated carbocycles. The van der Waals surface area contributed by atoms with Crippen LogP contribution in [0.2, 0.25) is 5.02 Å². The first-order valence-corrected chi connectivity index (χ1v) is 11.2. The summed E-state index contributed by atoms with van der Waals surface area (Å²) in [4.78, 5) is 11.6. The number of aromatic nitrogens is 2. The van der Waals surface area contributed by atoms with Crippen molar-refractivity contribution in [3.05, 3.63) is 73.8 Å². The summed E-state index contributed by atoms with van der Waals surface area (Å²) in [5.74, 6) is -0.649. The molecule has 3 unspecified atom stereocenters. The molecular weight excluding hydrogens is 469 g/mol. The minimum absolute atomic E-state index is 0.0813. The van der Waals surface area contributed by atoms with Crippen LogP contribution in [0.4, 0.5) is 4.39 Å². The number of H-pyrrole nitrogens is 1. The Morgan fingerprint density at radius 1 is 1.33 bits per heavy atom. The van der Waals surface area contributed by atoms with Gasteiger partial charge in [-0.3, -0.25) is 0 Å². The zero-order chi connectivity index (χ0) is 24.5. The van der Waals surface area contributed by atoms with Gasteiger partial charge in [-0.25, -0.2) is 14.3 Å². The van der Waals surface area contributed by atoms with Crippen molar-refractivity contribution in [2.24, 2.45) is 5.73 Å². The minimum atomic E-state index is -0.913. The van der Waals surface area contributed by atoms with Crippen molar-refractivity contribution in [1.82, 2.24) is 10.2 Å². The van der Waals surface area contributed by atoms with Crippen LogP contribution in [0.15, 0.2) is 38.4 Å². The third kappa shape index (κ3) is 5.27. The predicted octanol–water partition coefficient (Wildman–Crippen LogP) is 4.54. The highest BCUT2D eigenvalue weighted by Crippen LogP contribution is 2.44. The molecule has 1 aliphatic rings. The maximum Gasteiger partial charge on any atom is 0.434 e. The SMILES string of the molecule is CC1(O)CCOc2c(S)ccc(Cl)c21.Cc1ccc(F)c(C(C)C(N)c2n[nH]c(=O)o2)c1C. The van der Waals surface area contributed by atoms with Gasteiger partial charge in [0, 0.05) is 22.8 Å². The number of ether oxygens (including phenoxy) is 1. The van der Waals surface area contributed by atoms with Crippen LogP contribution < -0.4 is 16.2 Å². The number of rotatable bonds is 3. The second kappa shape index (κ2) is 9.89. The lowest BCUT2D eigenvalue weighted by atomic mass is 9.88. The molecule has 178 valence electrons. The summed E-state index contributed by atoms with van der Waals surface area (Å²) in [5, 5.41) is 16.5. The molecule has 3 atom stereocenters. The molecule has 4 N–H and O–H groups in total. The summed E-state index contributed by atoms with van der Waals surface area (Å²) in [6, 6.07) is 5.95. The molecule has 10 heteroatoms. The van der Waals surface area contributed by atoms with Crippen LogP contribution in [-0.2, 0) is 5.60 Å². The molecule has 0 radical (unpaired) electrons. The van der Waals surface area contributed by atoms with E-state index < -0.39 is 17.4 Å². The monoisotopic (exact) mass is 495 g/mol. The molecule has 3 aromatic rings. The summed E-state index contributed by atoms with van der Waals surface area (Å²) in [6.07, 6.45) is 0.553. The fourth-order valence-corrected chi connectivity index (χ4v) is 4.42. The molecule has 4 rings (SSSR count). The van der Waals surface area contributed by atoms with E-state index in [2.05, 4.69) is 22.8 Å². The Morgan fingerprint density at radius 3 is 2.64 bits per heavy atom. The van der Waals surface area contributed by atoms with Gasteiger partial charge in [-0.1, -0.05) is 24.6 Å². The maximum absolute atomic E-state index is 14.0. The number of fused-ring (bicyclic) bond motifs is 1. The van der Waals surface area contributed by atoms with Crippen molar-refractivity contribution < 1.29 is 18.7 Å². The number of aromatic amines is 1. The van der Waals surface area contributed by atoms with Gasteiger partial charge in [0.15, 0.2) is 0 Å². The number of hydrogen-bond acceptors (Lipinski definition) is 7. The van der Waals surface area contributed by atoms with E-state index in [4.69, 9.17) is 26.5 Å². The molecule has 1 aliphatic heterocycles. The van der Waals surface area contributed by atoms with Crippen LogP contribution in [0.3, 0.4) is 0 Å². The number of nitrogens with zero attached hydrogens (tertiary/aromatic N) is 1. The van der Waals surface area contributed by atoms with Crippen molar-refractivity contribution in [2.45, 2.75) is 56.6 Å². The van der Waals surface area contributed by atoms with Crippen molar-refractivity contribution in [1.29, 1.82) is 0 Å². The second-order valence-electron chi connectivity index (χ2n) is 8.31. The van der Waals surface area contributed by atoms with E-state index in [1.165, 1.54) is 6.07 Å². The fourth-order valence-electron chi connectivity index (χ4n) is 3.81. The first-order chi connectivity index (χ1) is 15.4. The molecule has 2 heterocycles. The molecule has 1 aromatic heterocycles. The number of nitrogens with two attached hydrogens (primary N) is 1. The molecule has 2 aromatic carbocycles. The Kier molecular flexibility index (Phi) is 7.58. The molecule has 33 heavy (non-hydrogen) atoms. The Labute approximate surface area is 201 Å². The van der Waals surface area contributed by atoms with Gasteiger partial charge in [0.2, 0.25) is 5.89 Å². The van der Waals surface area contributed by atoms with E-state index in [0.717, 1.165) is 11.1 Å². The highest BCUT2D eigenvalue weighted by Gasteiger charge is 2.34. The van der Waals surface area contributed by atoms with Crippen molar-refractivity contribution in [2.75, 3.05) is 6.61 Å². The number of aliphatic hydroxyl groups is 1. The van der Waals surface area contributed by atoms with E-state index in [-0.39, 0.29) is 17.6 Å². The van der Waals surface area contributed by atoms with Gasteiger partial charge in [-0.15, -0.1) is 17.7 Å². The summed E-state index contributed by atoms with van der Waals surface area (Å²) >= 11 is 10.3. The summed E-state index contributed by atoms with van der Waals surface area (Å²) in [5.41, 5.74) is 8.09. The van der Waals surface area contributed by atoms with E-state index in [1.54, 1.807) is 32.0 Å².